The fourth-order valence-electron chi connectivity index (χ4n) is 2.21. The van der Waals surface area contributed by atoms with Crippen LogP contribution in [0.1, 0.15) is 32.9 Å². The van der Waals surface area contributed by atoms with Crippen molar-refractivity contribution >= 4 is 17.4 Å². The Morgan fingerprint density at radius 3 is 2.73 bits per heavy atom. The van der Waals surface area contributed by atoms with Crippen molar-refractivity contribution in [1.29, 1.82) is 0 Å². The highest BCUT2D eigenvalue weighted by molar-refractivity contribution is 5.75. The van der Waals surface area contributed by atoms with Gasteiger partial charge in [-0.3, -0.25) is 0 Å². The zero-order valence-electron chi connectivity index (χ0n) is 13.5. The molecule has 1 aliphatic heterocycles. The Kier molecular flexibility index (Phi) is 4.59. The van der Waals surface area contributed by atoms with E-state index in [0.29, 0.717) is 24.7 Å². The second-order valence-electron chi connectivity index (χ2n) is 6.21. The van der Waals surface area contributed by atoms with Gasteiger partial charge in [0.05, 0.1) is 25.0 Å². The molecule has 1 aromatic rings. The van der Waals surface area contributed by atoms with Gasteiger partial charge in [0.25, 0.3) is 0 Å². The van der Waals surface area contributed by atoms with Crippen molar-refractivity contribution in [2.75, 3.05) is 25.9 Å². The molecule has 0 spiro atoms. The summed E-state index contributed by atoms with van der Waals surface area (Å²) in [6, 6.07) is 3.59. The lowest BCUT2D eigenvalue weighted by Crippen LogP contribution is -2.39. The molecule has 0 saturated heterocycles. The topological polar surface area (TPSA) is 77.7 Å². The third kappa shape index (κ3) is 3.90. The maximum absolute atomic E-state index is 12.2. The van der Waals surface area contributed by atoms with Crippen LogP contribution >= 0.6 is 0 Å². The van der Waals surface area contributed by atoms with Gasteiger partial charge in [0.15, 0.2) is 0 Å². The predicted octanol–water partition coefficient (Wildman–Crippen LogP) is 2.70. The van der Waals surface area contributed by atoms with Gasteiger partial charge in [0.2, 0.25) is 5.88 Å². The standard InChI is InChI=1S/C16H23N3O3/c1-16(2,3)22-15(20)19-9-5-6-11(10-19)13-8-7-12(17)14(18-13)21-4/h6-8H,5,9-10,17H2,1-4H3. The van der Waals surface area contributed by atoms with Crippen LogP contribution in [-0.4, -0.2) is 41.8 Å². The number of hydrogen-bond acceptors (Lipinski definition) is 5. The van der Waals surface area contributed by atoms with Crippen molar-refractivity contribution in [3.63, 3.8) is 0 Å². The Morgan fingerprint density at radius 2 is 2.09 bits per heavy atom. The average molecular weight is 305 g/mol. The summed E-state index contributed by atoms with van der Waals surface area (Å²) in [6.07, 6.45) is 2.54. The molecule has 0 aliphatic carbocycles. The Labute approximate surface area is 130 Å². The van der Waals surface area contributed by atoms with Crippen LogP contribution in [0.2, 0.25) is 0 Å². The van der Waals surface area contributed by atoms with Crippen molar-refractivity contribution in [3.8, 4) is 5.88 Å². The first-order chi connectivity index (χ1) is 10.3. The Bertz CT molecular complexity index is 591. The van der Waals surface area contributed by atoms with Crippen molar-refractivity contribution in [2.45, 2.75) is 32.8 Å². The van der Waals surface area contributed by atoms with Crippen LogP contribution in [0.25, 0.3) is 5.57 Å². The fraction of sp³-hybridized carbons (Fsp3) is 0.500. The van der Waals surface area contributed by atoms with E-state index in [4.69, 9.17) is 15.2 Å². The fourth-order valence-corrected chi connectivity index (χ4v) is 2.21. The van der Waals surface area contributed by atoms with Gasteiger partial charge in [-0.25, -0.2) is 9.78 Å². The third-order valence-electron chi connectivity index (χ3n) is 3.21. The molecule has 0 saturated carbocycles. The maximum atomic E-state index is 12.2. The highest BCUT2D eigenvalue weighted by Crippen LogP contribution is 2.25. The van der Waals surface area contributed by atoms with Gasteiger partial charge in [-0.1, -0.05) is 6.08 Å². The van der Waals surface area contributed by atoms with Crippen LogP contribution in [0.15, 0.2) is 18.2 Å². The highest BCUT2D eigenvalue weighted by atomic mass is 16.6. The number of carbonyl (C=O) groups is 1. The number of anilines is 1. The predicted molar refractivity (Wildman–Crippen MR) is 85.6 cm³/mol. The van der Waals surface area contributed by atoms with Crippen LogP contribution in [-0.2, 0) is 4.74 Å². The Hall–Kier alpha value is -2.24. The summed E-state index contributed by atoms with van der Waals surface area (Å²) in [7, 11) is 1.53. The number of methoxy groups -OCH3 is 1. The number of carbonyl (C=O) groups excluding carboxylic acids is 1. The van der Waals surface area contributed by atoms with Gasteiger partial charge in [-0.2, -0.15) is 0 Å². The van der Waals surface area contributed by atoms with E-state index in [1.165, 1.54) is 7.11 Å². The molecule has 120 valence electrons. The molecule has 0 bridgehead atoms. The summed E-state index contributed by atoms with van der Waals surface area (Å²) in [4.78, 5) is 18.3. The molecule has 2 N–H and O–H groups in total. The number of nitrogens with two attached hydrogens (primary N) is 1. The van der Waals surface area contributed by atoms with E-state index in [2.05, 4.69) is 11.1 Å². The van der Waals surface area contributed by atoms with Gasteiger partial charge >= 0.3 is 6.09 Å². The molecular weight excluding hydrogens is 282 g/mol. The molecule has 0 unspecified atom stereocenters. The molecule has 1 aromatic heterocycles. The van der Waals surface area contributed by atoms with Gasteiger partial charge in [0.1, 0.15) is 5.60 Å². The number of nitrogens with zero attached hydrogens (tertiary/aromatic N) is 2. The summed E-state index contributed by atoms with van der Waals surface area (Å²) in [5.74, 6) is 0.396. The Morgan fingerprint density at radius 1 is 1.36 bits per heavy atom. The van der Waals surface area contributed by atoms with E-state index < -0.39 is 5.60 Å². The number of amides is 1. The van der Waals surface area contributed by atoms with Gasteiger partial charge < -0.3 is 20.1 Å². The first-order valence-corrected chi connectivity index (χ1v) is 7.28. The van der Waals surface area contributed by atoms with Crippen LogP contribution in [0, 0.1) is 0 Å². The molecule has 2 heterocycles. The smallest absolute Gasteiger partial charge is 0.410 e. The maximum Gasteiger partial charge on any atom is 0.410 e. The molecule has 0 fully saturated rings. The molecule has 2 rings (SSSR count). The van der Waals surface area contributed by atoms with Gasteiger partial charge in [-0.05, 0) is 44.9 Å². The second-order valence-corrected chi connectivity index (χ2v) is 6.21. The Balaban J connectivity index is 2.14. The molecule has 0 radical (unpaired) electrons. The van der Waals surface area contributed by atoms with Crippen LogP contribution in [0.3, 0.4) is 0 Å². The van der Waals surface area contributed by atoms with E-state index in [-0.39, 0.29) is 6.09 Å². The summed E-state index contributed by atoms with van der Waals surface area (Å²) in [5, 5.41) is 0. The van der Waals surface area contributed by atoms with E-state index in [0.717, 1.165) is 17.7 Å². The largest absolute Gasteiger partial charge is 0.480 e. The number of aromatic nitrogens is 1. The minimum Gasteiger partial charge on any atom is -0.480 e. The highest BCUT2D eigenvalue weighted by Gasteiger charge is 2.25. The van der Waals surface area contributed by atoms with Gasteiger partial charge in [0, 0.05) is 6.54 Å². The summed E-state index contributed by atoms with van der Waals surface area (Å²) < 4.78 is 10.6. The molecule has 22 heavy (non-hydrogen) atoms. The van der Waals surface area contributed by atoms with Crippen molar-refractivity contribution in [2.24, 2.45) is 0 Å². The van der Waals surface area contributed by atoms with E-state index >= 15 is 0 Å². The number of ether oxygens (including phenoxy) is 2. The average Bonchev–Trinajstić information content (AvgIpc) is 2.46. The normalized spacial score (nSPS) is 15.3. The molecule has 6 nitrogen and oxygen atoms in total. The zero-order chi connectivity index (χ0) is 16.3. The molecule has 1 amide bonds. The lowest BCUT2D eigenvalue weighted by atomic mass is 10.1. The first-order valence-electron chi connectivity index (χ1n) is 7.28. The molecule has 0 aromatic carbocycles. The van der Waals surface area contributed by atoms with Crippen LogP contribution in [0.4, 0.5) is 10.5 Å². The SMILES string of the molecule is COc1nc(C2=CCCN(C(=O)OC(C)(C)C)C2)ccc1N. The van der Waals surface area contributed by atoms with Crippen molar-refractivity contribution in [3.05, 3.63) is 23.9 Å². The molecule has 6 heteroatoms. The van der Waals surface area contributed by atoms with Crippen LogP contribution < -0.4 is 10.5 Å². The summed E-state index contributed by atoms with van der Waals surface area (Å²) in [5.41, 5.74) is 7.51. The second kappa shape index (κ2) is 6.25. The number of rotatable bonds is 2. The van der Waals surface area contributed by atoms with Crippen LogP contribution in [0.5, 0.6) is 5.88 Å². The quantitative estimate of drug-likeness (QED) is 0.909. The molecule has 1 aliphatic rings. The lowest BCUT2D eigenvalue weighted by Gasteiger charge is -2.30. The van der Waals surface area contributed by atoms with E-state index in [1.54, 1.807) is 11.0 Å². The number of pyridine rings is 1. The number of hydrogen-bond donors (Lipinski definition) is 1. The van der Waals surface area contributed by atoms with Gasteiger partial charge in [-0.15, -0.1) is 0 Å². The number of nitrogen functional groups attached to an aromatic ring is 1. The lowest BCUT2D eigenvalue weighted by molar-refractivity contribution is 0.0273. The minimum absolute atomic E-state index is 0.305. The van der Waals surface area contributed by atoms with Crippen molar-refractivity contribution < 1.29 is 14.3 Å². The summed E-state index contributed by atoms with van der Waals surface area (Å²) >= 11 is 0. The zero-order valence-corrected chi connectivity index (χ0v) is 13.5. The van der Waals surface area contributed by atoms with Crippen molar-refractivity contribution in [1.82, 2.24) is 9.88 Å². The molecule has 0 atom stereocenters. The first kappa shape index (κ1) is 16.1. The molecular formula is C16H23N3O3. The summed E-state index contributed by atoms with van der Waals surface area (Å²) in [6.45, 7) is 6.69. The monoisotopic (exact) mass is 305 g/mol. The minimum atomic E-state index is -0.499. The third-order valence-corrected chi connectivity index (χ3v) is 3.21. The van der Waals surface area contributed by atoms with E-state index in [1.807, 2.05) is 26.8 Å². The van der Waals surface area contributed by atoms with E-state index in [9.17, 15) is 4.79 Å².